The van der Waals surface area contributed by atoms with Crippen LogP contribution >= 0.6 is 0 Å². The molecule has 2 heteroatoms. The van der Waals surface area contributed by atoms with Crippen molar-refractivity contribution in [2.75, 3.05) is 6.61 Å². The average molecular weight is 304 g/mol. The number of hydrogen-bond donors (Lipinski definition) is 2. The van der Waals surface area contributed by atoms with Gasteiger partial charge in [-0.3, -0.25) is 0 Å². The summed E-state index contributed by atoms with van der Waals surface area (Å²) in [6.45, 7) is 5.22. The van der Waals surface area contributed by atoms with Crippen LogP contribution in [0.15, 0.2) is 11.6 Å². The van der Waals surface area contributed by atoms with Crippen molar-refractivity contribution in [3.05, 3.63) is 11.6 Å². The van der Waals surface area contributed by atoms with Crippen LogP contribution in [0.5, 0.6) is 0 Å². The van der Waals surface area contributed by atoms with Crippen LogP contribution in [0.3, 0.4) is 0 Å². The number of aliphatic hydroxyl groups excluding tert-OH is 2. The van der Waals surface area contributed by atoms with Crippen molar-refractivity contribution in [2.45, 2.75) is 71.3 Å². The molecule has 7 atom stereocenters. The fourth-order valence-corrected chi connectivity index (χ4v) is 7.18. The van der Waals surface area contributed by atoms with Gasteiger partial charge in [0.05, 0.1) is 12.7 Å². The lowest BCUT2D eigenvalue weighted by atomic mass is 9.45. The first-order valence-electron chi connectivity index (χ1n) is 9.49. The van der Waals surface area contributed by atoms with Crippen LogP contribution < -0.4 is 0 Å². The van der Waals surface area contributed by atoms with E-state index in [9.17, 15) is 10.2 Å². The van der Waals surface area contributed by atoms with E-state index in [4.69, 9.17) is 0 Å². The molecular formula is C20H32O2. The van der Waals surface area contributed by atoms with Gasteiger partial charge in [0, 0.05) is 5.41 Å². The minimum atomic E-state index is -0.248. The highest BCUT2D eigenvalue weighted by Crippen LogP contribution is 2.66. The molecule has 3 saturated carbocycles. The van der Waals surface area contributed by atoms with Crippen LogP contribution in [-0.2, 0) is 0 Å². The number of hydrogen-bond acceptors (Lipinski definition) is 2. The summed E-state index contributed by atoms with van der Waals surface area (Å²) in [4.78, 5) is 0. The molecule has 22 heavy (non-hydrogen) atoms. The molecule has 0 aromatic rings. The molecule has 0 bridgehead atoms. The predicted molar refractivity (Wildman–Crippen MR) is 88.3 cm³/mol. The van der Waals surface area contributed by atoms with Gasteiger partial charge in [0.2, 0.25) is 0 Å². The fraction of sp³-hybridized carbons (Fsp3) is 0.900. The Labute approximate surface area is 135 Å². The molecule has 0 saturated heterocycles. The Bertz CT molecular complexity index is 484. The molecule has 4 aliphatic rings. The maximum atomic E-state index is 10.4. The molecule has 2 unspecified atom stereocenters. The molecule has 0 aliphatic heterocycles. The largest absolute Gasteiger partial charge is 0.395 e. The van der Waals surface area contributed by atoms with Crippen LogP contribution in [0, 0.1) is 34.5 Å². The standard InChI is InChI=1S/C20H32O2/c1-13-10-14-5-6-15(22)11-20(14,12-21)17-7-9-19(2)8-3-4-16(19)18(13)17/h5,13,15-18,21-22H,3-4,6-12H2,1-2H3/t13?,15?,16-,17+,18-,19-,20+/m0/s1. The normalized spacial score (nSPS) is 54.2. The zero-order valence-electron chi connectivity index (χ0n) is 14.2. The molecule has 0 amide bonds. The summed E-state index contributed by atoms with van der Waals surface area (Å²) >= 11 is 0. The minimum absolute atomic E-state index is 0.0984. The first-order chi connectivity index (χ1) is 10.5. The van der Waals surface area contributed by atoms with Gasteiger partial charge in [-0.05, 0) is 74.0 Å². The van der Waals surface area contributed by atoms with Gasteiger partial charge < -0.3 is 10.2 Å². The summed E-state index contributed by atoms with van der Waals surface area (Å²) in [5.74, 6) is 2.95. The van der Waals surface area contributed by atoms with Crippen LogP contribution in [0.1, 0.15) is 65.2 Å². The highest BCUT2D eigenvalue weighted by molar-refractivity contribution is 5.27. The quantitative estimate of drug-likeness (QED) is 0.721. The highest BCUT2D eigenvalue weighted by Gasteiger charge is 2.59. The SMILES string of the molecule is CC1CC2=CCC(O)C[C@]2(CO)[C@@H]2CC[C@]3(C)CCC[C@H]3[C@H]12. The van der Waals surface area contributed by atoms with Crippen LogP contribution in [0.4, 0.5) is 0 Å². The monoisotopic (exact) mass is 304 g/mol. The van der Waals surface area contributed by atoms with Crippen LogP contribution in [0.25, 0.3) is 0 Å². The van der Waals surface area contributed by atoms with E-state index in [1.807, 2.05) is 0 Å². The van der Waals surface area contributed by atoms with E-state index in [1.165, 1.54) is 37.7 Å². The zero-order chi connectivity index (χ0) is 15.5. The van der Waals surface area contributed by atoms with Crippen molar-refractivity contribution in [1.82, 2.24) is 0 Å². The molecule has 124 valence electrons. The smallest absolute Gasteiger partial charge is 0.0584 e. The predicted octanol–water partition coefficient (Wildman–Crippen LogP) is 3.92. The second kappa shape index (κ2) is 5.08. The Kier molecular flexibility index (Phi) is 3.51. The van der Waals surface area contributed by atoms with Gasteiger partial charge in [0.25, 0.3) is 0 Å². The Morgan fingerprint density at radius 2 is 2.05 bits per heavy atom. The van der Waals surface area contributed by atoms with E-state index >= 15 is 0 Å². The second-order valence-electron chi connectivity index (χ2n) is 9.19. The van der Waals surface area contributed by atoms with E-state index in [2.05, 4.69) is 19.9 Å². The van der Waals surface area contributed by atoms with Crippen LogP contribution in [-0.4, -0.2) is 22.9 Å². The summed E-state index contributed by atoms with van der Waals surface area (Å²) in [5, 5.41) is 20.7. The van der Waals surface area contributed by atoms with Crippen molar-refractivity contribution in [1.29, 1.82) is 0 Å². The van der Waals surface area contributed by atoms with Gasteiger partial charge in [0.1, 0.15) is 0 Å². The summed E-state index contributed by atoms with van der Waals surface area (Å²) in [6.07, 6.45) is 11.6. The van der Waals surface area contributed by atoms with Crippen molar-refractivity contribution >= 4 is 0 Å². The Balaban J connectivity index is 1.75. The molecule has 0 spiro atoms. The maximum Gasteiger partial charge on any atom is 0.0584 e. The first-order valence-corrected chi connectivity index (χ1v) is 9.49. The third-order valence-corrected chi connectivity index (χ3v) is 8.18. The number of aliphatic hydroxyl groups is 2. The first kappa shape index (κ1) is 15.2. The van der Waals surface area contributed by atoms with E-state index in [-0.39, 0.29) is 18.1 Å². The van der Waals surface area contributed by atoms with Crippen molar-refractivity contribution < 1.29 is 10.2 Å². The summed E-state index contributed by atoms with van der Waals surface area (Å²) in [6, 6.07) is 0. The molecule has 3 fully saturated rings. The van der Waals surface area contributed by atoms with E-state index in [0.717, 1.165) is 37.0 Å². The second-order valence-corrected chi connectivity index (χ2v) is 9.19. The Morgan fingerprint density at radius 1 is 1.23 bits per heavy atom. The highest BCUT2D eigenvalue weighted by atomic mass is 16.3. The maximum absolute atomic E-state index is 10.4. The third kappa shape index (κ3) is 1.92. The van der Waals surface area contributed by atoms with E-state index in [1.54, 1.807) is 0 Å². The van der Waals surface area contributed by atoms with Gasteiger partial charge in [-0.2, -0.15) is 0 Å². The van der Waals surface area contributed by atoms with Gasteiger partial charge >= 0.3 is 0 Å². The van der Waals surface area contributed by atoms with Gasteiger partial charge in [-0.1, -0.05) is 31.9 Å². The topological polar surface area (TPSA) is 40.5 Å². The molecule has 0 aromatic carbocycles. The molecule has 4 rings (SSSR count). The van der Waals surface area contributed by atoms with E-state index < -0.39 is 0 Å². The molecule has 0 aromatic heterocycles. The van der Waals surface area contributed by atoms with Gasteiger partial charge in [0.15, 0.2) is 0 Å². The van der Waals surface area contributed by atoms with Crippen molar-refractivity contribution in [2.24, 2.45) is 34.5 Å². The van der Waals surface area contributed by atoms with Gasteiger partial charge in [-0.15, -0.1) is 0 Å². The molecule has 0 radical (unpaired) electrons. The van der Waals surface area contributed by atoms with Crippen LogP contribution in [0.2, 0.25) is 0 Å². The molecular weight excluding hydrogens is 272 g/mol. The van der Waals surface area contributed by atoms with E-state index in [0.29, 0.717) is 11.3 Å². The molecule has 4 aliphatic carbocycles. The van der Waals surface area contributed by atoms with Crippen molar-refractivity contribution in [3.63, 3.8) is 0 Å². The summed E-state index contributed by atoms with van der Waals surface area (Å²) in [5.41, 5.74) is 1.94. The minimum Gasteiger partial charge on any atom is -0.395 e. The molecule has 0 heterocycles. The zero-order valence-corrected chi connectivity index (χ0v) is 14.2. The number of rotatable bonds is 1. The average Bonchev–Trinajstić information content (AvgIpc) is 2.89. The lowest BCUT2D eigenvalue weighted by molar-refractivity contribution is -0.0985. The van der Waals surface area contributed by atoms with Crippen molar-refractivity contribution in [3.8, 4) is 0 Å². The summed E-state index contributed by atoms with van der Waals surface area (Å²) < 4.78 is 0. The molecule has 2 N–H and O–H groups in total. The lowest BCUT2D eigenvalue weighted by Crippen LogP contribution is -2.55. The third-order valence-electron chi connectivity index (χ3n) is 8.18. The fourth-order valence-electron chi connectivity index (χ4n) is 7.18. The Morgan fingerprint density at radius 3 is 2.82 bits per heavy atom. The summed E-state index contributed by atoms with van der Waals surface area (Å²) in [7, 11) is 0. The molecule has 2 nitrogen and oxygen atoms in total. The Hall–Kier alpha value is -0.340. The van der Waals surface area contributed by atoms with Gasteiger partial charge in [-0.25, -0.2) is 0 Å². The number of fused-ring (bicyclic) bond motifs is 5. The lowest BCUT2D eigenvalue weighted by Gasteiger charge is -2.60.